The lowest BCUT2D eigenvalue weighted by molar-refractivity contribution is 0.386. The van der Waals surface area contributed by atoms with Crippen LogP contribution in [-0.4, -0.2) is 29.9 Å². The molecule has 8 heteroatoms. The molecule has 8 nitrogen and oxygen atoms in total. The van der Waals surface area contributed by atoms with E-state index >= 15 is 0 Å². The van der Waals surface area contributed by atoms with Gasteiger partial charge in [-0.1, -0.05) is 29.4 Å². The van der Waals surface area contributed by atoms with E-state index in [1.54, 1.807) is 23.3 Å². The van der Waals surface area contributed by atoms with Crippen molar-refractivity contribution in [3.63, 3.8) is 0 Å². The Hall–Kier alpha value is -3.55. The number of nitrogens with two attached hydrogens (primary N) is 1. The Morgan fingerprint density at radius 2 is 1.76 bits per heavy atom. The van der Waals surface area contributed by atoms with Crippen LogP contribution < -0.4 is 5.73 Å². The number of aromatic nitrogens is 6. The number of benzene rings is 1. The van der Waals surface area contributed by atoms with Crippen LogP contribution in [0.2, 0.25) is 0 Å². The molecule has 3 heterocycles. The van der Waals surface area contributed by atoms with Crippen LogP contribution in [0.4, 0.5) is 5.95 Å². The summed E-state index contributed by atoms with van der Waals surface area (Å²) in [5.74, 6) is 1.97. The van der Waals surface area contributed by atoms with E-state index in [1.807, 2.05) is 13.2 Å². The molecule has 146 valence electrons. The Bertz CT molecular complexity index is 1140. The van der Waals surface area contributed by atoms with Crippen LogP contribution in [0.25, 0.3) is 22.6 Å². The largest absolute Gasteiger partial charge is 0.368 e. The second kappa shape index (κ2) is 6.51. The number of aryl methyl sites for hydroxylation is 1. The number of hydrogen-bond donors (Lipinski definition) is 1. The van der Waals surface area contributed by atoms with Gasteiger partial charge in [-0.05, 0) is 36.8 Å². The van der Waals surface area contributed by atoms with Gasteiger partial charge in [0.05, 0.1) is 17.2 Å². The summed E-state index contributed by atoms with van der Waals surface area (Å²) in [6.07, 6.45) is 9.37. The molecule has 0 radical (unpaired) electrons. The number of nitrogen functional groups attached to an aromatic ring is 1. The summed E-state index contributed by atoms with van der Waals surface area (Å²) < 4.78 is 7.29. The lowest BCUT2D eigenvalue weighted by atomic mass is 9.77. The molecule has 0 amide bonds. The van der Waals surface area contributed by atoms with Gasteiger partial charge in [0, 0.05) is 31.2 Å². The molecule has 0 spiro atoms. The SMILES string of the molecule is Cn1cc(-c2nc([C@@](C)(c3ccc(-c4cnc(N)nc4)cc3)C3CC3)no2)cn1. The van der Waals surface area contributed by atoms with Crippen molar-refractivity contribution in [1.82, 2.24) is 29.9 Å². The van der Waals surface area contributed by atoms with E-state index in [2.05, 4.69) is 51.4 Å². The molecular formula is C21H21N7O. The van der Waals surface area contributed by atoms with Gasteiger partial charge in [0.2, 0.25) is 5.95 Å². The minimum atomic E-state index is -0.305. The molecule has 0 saturated heterocycles. The minimum Gasteiger partial charge on any atom is -0.368 e. The van der Waals surface area contributed by atoms with Crippen molar-refractivity contribution in [3.8, 4) is 22.6 Å². The Balaban J connectivity index is 1.50. The zero-order valence-corrected chi connectivity index (χ0v) is 16.3. The normalized spacial score (nSPS) is 15.9. The summed E-state index contributed by atoms with van der Waals surface area (Å²) in [5, 5.41) is 8.53. The first-order valence-corrected chi connectivity index (χ1v) is 9.55. The van der Waals surface area contributed by atoms with Crippen molar-refractivity contribution >= 4 is 5.95 Å². The molecule has 3 aromatic heterocycles. The highest BCUT2D eigenvalue weighted by atomic mass is 16.5. The van der Waals surface area contributed by atoms with Crippen molar-refractivity contribution in [3.05, 3.63) is 60.4 Å². The van der Waals surface area contributed by atoms with E-state index in [0.29, 0.717) is 17.6 Å². The molecule has 5 rings (SSSR count). The van der Waals surface area contributed by atoms with Crippen LogP contribution in [0, 0.1) is 5.92 Å². The van der Waals surface area contributed by atoms with Gasteiger partial charge in [-0.2, -0.15) is 10.1 Å². The fourth-order valence-electron chi connectivity index (χ4n) is 3.79. The highest BCUT2D eigenvalue weighted by Gasteiger charge is 2.47. The van der Waals surface area contributed by atoms with Crippen LogP contribution in [0.1, 0.15) is 31.2 Å². The van der Waals surface area contributed by atoms with Gasteiger partial charge in [0.1, 0.15) is 0 Å². The van der Waals surface area contributed by atoms with Crippen LogP contribution in [0.5, 0.6) is 0 Å². The van der Waals surface area contributed by atoms with E-state index in [1.165, 1.54) is 5.56 Å². The van der Waals surface area contributed by atoms with Gasteiger partial charge in [0.25, 0.3) is 5.89 Å². The van der Waals surface area contributed by atoms with E-state index in [9.17, 15) is 0 Å². The summed E-state index contributed by atoms with van der Waals surface area (Å²) in [6, 6.07) is 8.41. The van der Waals surface area contributed by atoms with Crippen molar-refractivity contribution < 1.29 is 4.52 Å². The highest BCUT2D eigenvalue weighted by molar-refractivity contribution is 5.63. The molecule has 2 N–H and O–H groups in total. The summed E-state index contributed by atoms with van der Waals surface area (Å²) in [6.45, 7) is 2.20. The third-order valence-corrected chi connectivity index (χ3v) is 5.73. The first-order chi connectivity index (χ1) is 14.0. The maximum absolute atomic E-state index is 5.59. The van der Waals surface area contributed by atoms with Crippen molar-refractivity contribution in [1.29, 1.82) is 0 Å². The van der Waals surface area contributed by atoms with Crippen LogP contribution >= 0.6 is 0 Å². The van der Waals surface area contributed by atoms with Crippen LogP contribution in [-0.2, 0) is 12.5 Å². The third kappa shape index (κ3) is 3.06. The van der Waals surface area contributed by atoms with Gasteiger partial charge >= 0.3 is 0 Å². The molecule has 1 saturated carbocycles. The number of hydrogen-bond acceptors (Lipinski definition) is 7. The minimum absolute atomic E-state index is 0.271. The lowest BCUT2D eigenvalue weighted by Crippen LogP contribution is -2.28. The van der Waals surface area contributed by atoms with Crippen molar-refractivity contribution in [2.45, 2.75) is 25.2 Å². The van der Waals surface area contributed by atoms with Crippen molar-refractivity contribution in [2.24, 2.45) is 13.0 Å². The van der Waals surface area contributed by atoms with Gasteiger partial charge in [-0.15, -0.1) is 0 Å². The van der Waals surface area contributed by atoms with Gasteiger partial charge in [-0.25, -0.2) is 9.97 Å². The average Bonchev–Trinajstić information content (AvgIpc) is 3.32. The summed E-state index contributed by atoms with van der Waals surface area (Å²) in [4.78, 5) is 12.9. The highest BCUT2D eigenvalue weighted by Crippen LogP contribution is 2.50. The van der Waals surface area contributed by atoms with Gasteiger partial charge in [0.15, 0.2) is 5.82 Å². The molecule has 4 aromatic rings. The van der Waals surface area contributed by atoms with Crippen LogP contribution in [0.15, 0.2) is 53.6 Å². The smallest absolute Gasteiger partial charge is 0.261 e. The average molecular weight is 387 g/mol. The molecule has 1 fully saturated rings. The van der Waals surface area contributed by atoms with E-state index in [0.717, 1.165) is 29.5 Å². The summed E-state index contributed by atoms with van der Waals surface area (Å²) in [7, 11) is 1.86. The maximum atomic E-state index is 5.59. The monoisotopic (exact) mass is 387 g/mol. The second-order valence-corrected chi connectivity index (χ2v) is 7.71. The Morgan fingerprint density at radius 1 is 1.03 bits per heavy atom. The zero-order valence-electron chi connectivity index (χ0n) is 16.3. The Morgan fingerprint density at radius 3 is 2.38 bits per heavy atom. The maximum Gasteiger partial charge on any atom is 0.261 e. The van der Waals surface area contributed by atoms with Crippen molar-refractivity contribution in [2.75, 3.05) is 5.73 Å². The molecule has 0 bridgehead atoms. The standard InChI is InChI=1S/C21H21N7O/c1-21(17-7-8-17,19-26-18(29-27-19)15-11-25-28(2)12-15)16-5-3-13(4-6-16)14-9-23-20(22)24-10-14/h3-6,9-12,17H,7-8H2,1-2H3,(H2,22,23,24)/t21-/m0/s1. The summed E-state index contributed by atoms with van der Waals surface area (Å²) in [5.41, 5.74) is 9.23. The molecule has 1 aliphatic rings. The molecule has 0 unspecified atom stereocenters. The predicted octanol–water partition coefficient (Wildman–Crippen LogP) is 3.23. The molecule has 1 aromatic carbocycles. The first kappa shape index (κ1) is 17.5. The number of rotatable bonds is 5. The molecule has 0 aliphatic heterocycles. The molecule has 1 aliphatic carbocycles. The first-order valence-electron chi connectivity index (χ1n) is 9.55. The molecule has 29 heavy (non-hydrogen) atoms. The Labute approximate surface area is 167 Å². The quantitative estimate of drug-likeness (QED) is 0.560. The van der Waals surface area contributed by atoms with Crippen LogP contribution in [0.3, 0.4) is 0 Å². The summed E-state index contributed by atoms with van der Waals surface area (Å²) >= 11 is 0. The zero-order chi connectivity index (χ0) is 20.0. The fraction of sp³-hybridized carbons (Fsp3) is 0.286. The number of anilines is 1. The fourth-order valence-corrected chi connectivity index (χ4v) is 3.79. The third-order valence-electron chi connectivity index (χ3n) is 5.73. The predicted molar refractivity (Wildman–Crippen MR) is 108 cm³/mol. The van der Waals surface area contributed by atoms with Gasteiger partial charge < -0.3 is 10.3 Å². The number of nitrogens with zero attached hydrogens (tertiary/aromatic N) is 6. The molecule has 1 atom stereocenters. The van der Waals surface area contributed by atoms with Gasteiger partial charge in [-0.3, -0.25) is 4.68 Å². The lowest BCUT2D eigenvalue weighted by Gasteiger charge is -2.27. The van der Waals surface area contributed by atoms with E-state index < -0.39 is 0 Å². The Kier molecular flexibility index (Phi) is 3.94. The second-order valence-electron chi connectivity index (χ2n) is 7.71. The van der Waals surface area contributed by atoms with E-state index in [4.69, 9.17) is 15.2 Å². The van der Waals surface area contributed by atoms with E-state index in [-0.39, 0.29) is 11.4 Å². The topological polar surface area (TPSA) is 109 Å². The molecular weight excluding hydrogens is 366 g/mol.